The Balaban J connectivity index is 1.78. The summed E-state index contributed by atoms with van der Waals surface area (Å²) in [6.45, 7) is 6.73. The van der Waals surface area contributed by atoms with Crippen LogP contribution < -0.4 is 10.1 Å². The number of benzene rings is 2. The SMILES string of the molecule is CCOCCOC(=O)C1=C(C)NC2=C(C(=O)C[C@H](c3ccc(Cl)cc3)C2)[C@@H]1c1cc(Br)c(O)c(OCC)c1. The minimum Gasteiger partial charge on any atom is -0.503 e. The smallest absolute Gasteiger partial charge is 0.336 e. The fourth-order valence-electron chi connectivity index (χ4n) is 5.05. The third-order valence-corrected chi connectivity index (χ3v) is 7.59. The fourth-order valence-corrected chi connectivity index (χ4v) is 5.64. The summed E-state index contributed by atoms with van der Waals surface area (Å²) in [7, 11) is 0. The molecular formula is C29H31BrClNO6. The molecule has 0 radical (unpaired) electrons. The number of Topliss-reactive ketones (excluding diaryl/α,β-unsaturated/α-hetero) is 1. The first-order valence-electron chi connectivity index (χ1n) is 12.6. The largest absolute Gasteiger partial charge is 0.503 e. The van der Waals surface area contributed by atoms with E-state index in [4.69, 9.17) is 25.8 Å². The molecular weight excluding hydrogens is 574 g/mol. The molecule has 2 atom stereocenters. The molecule has 0 saturated carbocycles. The number of nitrogens with one attached hydrogen (secondary N) is 1. The highest BCUT2D eigenvalue weighted by atomic mass is 79.9. The Kier molecular flexibility index (Phi) is 9.18. The van der Waals surface area contributed by atoms with Crippen LogP contribution in [-0.2, 0) is 19.1 Å². The lowest BCUT2D eigenvalue weighted by molar-refractivity contribution is -0.140. The lowest BCUT2D eigenvalue weighted by Crippen LogP contribution is -2.36. The van der Waals surface area contributed by atoms with Crippen LogP contribution in [0.25, 0.3) is 0 Å². The predicted molar refractivity (Wildman–Crippen MR) is 148 cm³/mol. The summed E-state index contributed by atoms with van der Waals surface area (Å²) in [5.74, 6) is -1.08. The van der Waals surface area contributed by atoms with Crippen molar-refractivity contribution in [2.45, 2.75) is 45.4 Å². The molecule has 0 unspecified atom stereocenters. The van der Waals surface area contributed by atoms with Gasteiger partial charge in [-0.2, -0.15) is 0 Å². The van der Waals surface area contributed by atoms with E-state index in [9.17, 15) is 14.7 Å². The lowest BCUT2D eigenvalue weighted by atomic mass is 9.71. The molecule has 0 bridgehead atoms. The maximum atomic E-state index is 13.8. The zero-order chi connectivity index (χ0) is 27.4. The standard InChI is InChI=1S/C29H31BrClNO6/c1-4-36-10-11-38-29(35)25-16(3)32-22-13-18(17-6-8-20(31)9-7-17)14-23(33)27(22)26(25)19-12-21(30)28(34)24(15-19)37-5-2/h6-9,12,15,18,26,32,34H,4-5,10-11,13-14H2,1-3H3/t18-,26-/m1/s1. The molecule has 0 spiro atoms. The summed E-state index contributed by atoms with van der Waals surface area (Å²) in [6, 6.07) is 10.9. The van der Waals surface area contributed by atoms with Crippen LogP contribution in [0.3, 0.4) is 0 Å². The first-order valence-corrected chi connectivity index (χ1v) is 13.8. The van der Waals surface area contributed by atoms with Crippen molar-refractivity contribution in [1.29, 1.82) is 0 Å². The Labute approximate surface area is 235 Å². The number of halogens is 2. The van der Waals surface area contributed by atoms with Crippen LogP contribution in [0, 0.1) is 0 Å². The van der Waals surface area contributed by atoms with E-state index >= 15 is 0 Å². The molecule has 2 aliphatic rings. The Bertz CT molecular complexity index is 1290. The number of dihydropyridines is 1. The minimum absolute atomic E-state index is 0.0234. The van der Waals surface area contributed by atoms with E-state index in [0.29, 0.717) is 58.0 Å². The highest BCUT2D eigenvalue weighted by molar-refractivity contribution is 9.10. The minimum atomic E-state index is -0.694. The van der Waals surface area contributed by atoms with Crippen molar-refractivity contribution in [2.24, 2.45) is 0 Å². The number of allylic oxidation sites excluding steroid dienone is 3. The number of ether oxygens (including phenoxy) is 3. The van der Waals surface area contributed by atoms with Crippen molar-refractivity contribution in [3.05, 3.63) is 79.6 Å². The summed E-state index contributed by atoms with van der Waals surface area (Å²) in [5, 5.41) is 14.5. The quantitative estimate of drug-likeness (QED) is 0.262. The molecule has 202 valence electrons. The van der Waals surface area contributed by atoms with Gasteiger partial charge in [-0.3, -0.25) is 4.79 Å². The third kappa shape index (κ3) is 5.92. The summed E-state index contributed by atoms with van der Waals surface area (Å²) in [4.78, 5) is 27.2. The molecule has 38 heavy (non-hydrogen) atoms. The molecule has 9 heteroatoms. The van der Waals surface area contributed by atoms with Crippen molar-refractivity contribution in [2.75, 3.05) is 26.4 Å². The lowest BCUT2D eigenvalue weighted by Gasteiger charge is -2.37. The monoisotopic (exact) mass is 603 g/mol. The number of esters is 1. The van der Waals surface area contributed by atoms with Crippen LogP contribution in [0.15, 0.2) is 63.4 Å². The van der Waals surface area contributed by atoms with Crippen molar-refractivity contribution in [1.82, 2.24) is 5.32 Å². The van der Waals surface area contributed by atoms with Crippen LogP contribution in [0.5, 0.6) is 11.5 Å². The van der Waals surface area contributed by atoms with E-state index in [-0.39, 0.29) is 36.4 Å². The highest BCUT2D eigenvalue weighted by Crippen LogP contribution is 2.48. The first-order chi connectivity index (χ1) is 18.2. The molecule has 0 amide bonds. The Morgan fingerprint density at radius 1 is 1.11 bits per heavy atom. The third-order valence-electron chi connectivity index (χ3n) is 6.74. The second-order valence-electron chi connectivity index (χ2n) is 9.18. The Hall–Kier alpha value is -2.81. The number of rotatable bonds is 9. The fraction of sp³-hybridized carbons (Fsp3) is 0.379. The molecule has 1 aliphatic heterocycles. The van der Waals surface area contributed by atoms with E-state index in [1.54, 1.807) is 12.1 Å². The van der Waals surface area contributed by atoms with Crippen LogP contribution >= 0.6 is 27.5 Å². The van der Waals surface area contributed by atoms with Gasteiger partial charge in [-0.25, -0.2) is 4.79 Å². The van der Waals surface area contributed by atoms with Gasteiger partial charge >= 0.3 is 5.97 Å². The van der Waals surface area contributed by atoms with E-state index in [2.05, 4.69) is 21.2 Å². The molecule has 0 saturated heterocycles. The maximum absolute atomic E-state index is 13.8. The van der Waals surface area contributed by atoms with Gasteiger partial charge in [0.1, 0.15) is 6.61 Å². The van der Waals surface area contributed by atoms with E-state index in [1.807, 2.05) is 45.0 Å². The van der Waals surface area contributed by atoms with Crippen LogP contribution in [0.2, 0.25) is 5.02 Å². The highest BCUT2D eigenvalue weighted by Gasteiger charge is 2.42. The van der Waals surface area contributed by atoms with Crippen LogP contribution in [0.4, 0.5) is 0 Å². The average Bonchev–Trinajstić information content (AvgIpc) is 2.88. The first kappa shape index (κ1) is 28.2. The zero-order valence-corrected chi connectivity index (χ0v) is 23.9. The summed E-state index contributed by atoms with van der Waals surface area (Å²) >= 11 is 9.48. The number of phenolic OH excluding ortho intramolecular Hbond substituents is 1. The number of phenols is 1. The van der Waals surface area contributed by atoms with Gasteiger partial charge in [-0.15, -0.1) is 0 Å². The van der Waals surface area contributed by atoms with Crippen molar-refractivity contribution < 1.29 is 28.9 Å². The van der Waals surface area contributed by atoms with Crippen molar-refractivity contribution in [3.63, 3.8) is 0 Å². The maximum Gasteiger partial charge on any atom is 0.336 e. The van der Waals surface area contributed by atoms with E-state index < -0.39 is 11.9 Å². The Morgan fingerprint density at radius 2 is 1.84 bits per heavy atom. The van der Waals surface area contributed by atoms with Gasteiger partial charge in [0.25, 0.3) is 0 Å². The molecule has 2 aromatic carbocycles. The number of ketones is 1. The molecule has 1 heterocycles. The molecule has 0 fully saturated rings. The number of carbonyl (C=O) groups excluding carboxylic acids is 2. The molecule has 7 nitrogen and oxygen atoms in total. The van der Waals surface area contributed by atoms with Gasteiger partial charge in [-0.1, -0.05) is 23.7 Å². The predicted octanol–water partition coefficient (Wildman–Crippen LogP) is 6.15. The van der Waals surface area contributed by atoms with Gasteiger partial charge < -0.3 is 24.6 Å². The van der Waals surface area contributed by atoms with Crippen LogP contribution in [0.1, 0.15) is 56.6 Å². The summed E-state index contributed by atoms with van der Waals surface area (Å²) in [6.07, 6.45) is 0.892. The van der Waals surface area contributed by atoms with Crippen LogP contribution in [-0.4, -0.2) is 43.3 Å². The number of aromatic hydroxyl groups is 1. The molecule has 2 N–H and O–H groups in total. The topological polar surface area (TPSA) is 94.1 Å². The van der Waals surface area contributed by atoms with Gasteiger partial charge in [0, 0.05) is 40.9 Å². The molecule has 1 aliphatic carbocycles. The molecule has 2 aromatic rings. The average molecular weight is 605 g/mol. The number of carbonyl (C=O) groups is 2. The molecule has 0 aromatic heterocycles. The van der Waals surface area contributed by atoms with E-state index in [1.165, 1.54) is 0 Å². The zero-order valence-electron chi connectivity index (χ0n) is 21.6. The second-order valence-corrected chi connectivity index (χ2v) is 10.5. The van der Waals surface area contributed by atoms with Gasteiger partial charge in [0.15, 0.2) is 17.3 Å². The van der Waals surface area contributed by atoms with E-state index in [0.717, 1.165) is 11.3 Å². The van der Waals surface area contributed by atoms with Gasteiger partial charge in [0.2, 0.25) is 0 Å². The second kappa shape index (κ2) is 12.4. The number of hydrogen-bond donors (Lipinski definition) is 2. The van der Waals surface area contributed by atoms with Gasteiger partial charge in [0.05, 0.1) is 23.3 Å². The molecule has 4 rings (SSSR count). The summed E-state index contributed by atoms with van der Waals surface area (Å²) in [5.41, 5.74) is 3.93. The summed E-state index contributed by atoms with van der Waals surface area (Å²) < 4.78 is 16.9. The Morgan fingerprint density at radius 3 is 2.53 bits per heavy atom. The normalized spacial score (nSPS) is 19.2. The van der Waals surface area contributed by atoms with Crippen molar-refractivity contribution in [3.8, 4) is 11.5 Å². The van der Waals surface area contributed by atoms with Gasteiger partial charge in [-0.05, 0) is 84.4 Å². The van der Waals surface area contributed by atoms with Crippen molar-refractivity contribution >= 4 is 39.3 Å². The number of hydrogen-bond acceptors (Lipinski definition) is 7.